The molecule has 37 heavy (non-hydrogen) atoms. The van der Waals surface area contributed by atoms with E-state index in [1.54, 1.807) is 6.20 Å². The van der Waals surface area contributed by atoms with Gasteiger partial charge in [0.25, 0.3) is 5.91 Å². The third-order valence-electron chi connectivity index (χ3n) is 6.47. The third kappa shape index (κ3) is 4.71. The third-order valence-corrected chi connectivity index (χ3v) is 6.47. The van der Waals surface area contributed by atoms with Crippen LogP contribution >= 0.6 is 0 Å². The average molecular weight is 492 g/mol. The van der Waals surface area contributed by atoms with Gasteiger partial charge in [0.2, 0.25) is 0 Å². The van der Waals surface area contributed by atoms with Crippen LogP contribution < -0.4 is 10.2 Å². The minimum atomic E-state index is -0.00186. The maximum absolute atomic E-state index is 13.3. The number of carbonyl (C=O) groups excluding carboxylic acids is 1. The summed E-state index contributed by atoms with van der Waals surface area (Å²) in [5.41, 5.74) is 3.39. The van der Waals surface area contributed by atoms with E-state index in [4.69, 9.17) is 4.52 Å². The fourth-order valence-electron chi connectivity index (χ4n) is 4.43. The molecule has 1 fully saturated rings. The van der Waals surface area contributed by atoms with Gasteiger partial charge in [-0.3, -0.25) is 4.79 Å². The summed E-state index contributed by atoms with van der Waals surface area (Å²) in [7, 11) is 0. The van der Waals surface area contributed by atoms with E-state index in [0.717, 1.165) is 33.7 Å². The zero-order valence-corrected chi connectivity index (χ0v) is 20.3. The van der Waals surface area contributed by atoms with Gasteiger partial charge in [-0.25, -0.2) is 4.98 Å². The molecule has 1 aliphatic rings. The van der Waals surface area contributed by atoms with E-state index < -0.39 is 0 Å². The summed E-state index contributed by atoms with van der Waals surface area (Å²) < 4.78 is 5.59. The lowest BCUT2D eigenvalue weighted by Crippen LogP contribution is -2.49. The number of pyridine rings is 1. The fourth-order valence-corrected chi connectivity index (χ4v) is 4.43. The molecule has 2 aromatic carbocycles. The van der Waals surface area contributed by atoms with Crippen molar-refractivity contribution in [3.8, 4) is 11.3 Å². The first-order chi connectivity index (χ1) is 18.1. The topological polar surface area (TPSA) is 100 Å². The molecule has 0 radical (unpaired) electrons. The van der Waals surface area contributed by atoms with Gasteiger partial charge in [0.15, 0.2) is 17.4 Å². The number of aryl methyl sites for hydroxylation is 1. The smallest absolute Gasteiger partial charge is 0.254 e. The molecular formula is C28H25N7O2. The Kier molecular flexibility index (Phi) is 5.94. The van der Waals surface area contributed by atoms with Crippen LogP contribution in [0.3, 0.4) is 0 Å². The van der Waals surface area contributed by atoms with Crippen molar-refractivity contribution in [3.05, 3.63) is 90.1 Å². The number of rotatable bonds is 5. The molecule has 3 aromatic heterocycles. The zero-order valence-electron chi connectivity index (χ0n) is 20.3. The van der Waals surface area contributed by atoms with Crippen LogP contribution in [0.15, 0.2) is 83.5 Å². The largest absolute Gasteiger partial charge is 0.355 e. The van der Waals surface area contributed by atoms with Crippen LogP contribution in [0.2, 0.25) is 0 Å². The van der Waals surface area contributed by atoms with E-state index in [1.807, 2.05) is 84.6 Å². The van der Waals surface area contributed by atoms with Gasteiger partial charge in [-0.05, 0) is 48.9 Å². The number of amides is 1. The van der Waals surface area contributed by atoms with Gasteiger partial charge in [0.1, 0.15) is 11.3 Å². The van der Waals surface area contributed by atoms with Crippen molar-refractivity contribution in [3.63, 3.8) is 0 Å². The Morgan fingerprint density at radius 1 is 0.892 bits per heavy atom. The SMILES string of the molecule is Cc1ccc(Nc2ccc(N3CCN(C(=O)c4ccc5noc(-c6ccccc6)c5c4)CC3)nn2)nc1. The number of piperazine rings is 1. The van der Waals surface area contributed by atoms with Crippen LogP contribution in [-0.4, -0.2) is 57.3 Å². The van der Waals surface area contributed by atoms with Crippen LogP contribution in [0.1, 0.15) is 15.9 Å². The van der Waals surface area contributed by atoms with E-state index in [2.05, 4.69) is 30.6 Å². The van der Waals surface area contributed by atoms with Gasteiger partial charge in [-0.2, -0.15) is 0 Å². The average Bonchev–Trinajstić information content (AvgIpc) is 3.38. The molecule has 1 N–H and O–H groups in total. The van der Waals surface area contributed by atoms with Crippen molar-refractivity contribution in [1.82, 2.24) is 25.2 Å². The maximum Gasteiger partial charge on any atom is 0.254 e. The highest BCUT2D eigenvalue weighted by molar-refractivity contribution is 6.01. The lowest BCUT2D eigenvalue weighted by molar-refractivity contribution is 0.0746. The Hall–Kier alpha value is -4.79. The second-order valence-electron chi connectivity index (χ2n) is 9.01. The summed E-state index contributed by atoms with van der Waals surface area (Å²) >= 11 is 0. The van der Waals surface area contributed by atoms with E-state index >= 15 is 0 Å². The molecule has 5 aromatic rings. The molecule has 0 saturated carbocycles. The summed E-state index contributed by atoms with van der Waals surface area (Å²) in [6.45, 7) is 4.55. The quantitative estimate of drug-likeness (QED) is 0.378. The second kappa shape index (κ2) is 9.69. The van der Waals surface area contributed by atoms with Crippen LogP contribution in [0, 0.1) is 6.92 Å². The van der Waals surface area contributed by atoms with Gasteiger partial charge in [0, 0.05) is 43.5 Å². The monoisotopic (exact) mass is 491 g/mol. The van der Waals surface area contributed by atoms with Gasteiger partial charge < -0.3 is 19.6 Å². The van der Waals surface area contributed by atoms with Crippen molar-refractivity contribution in [2.75, 3.05) is 36.4 Å². The molecule has 0 unspecified atom stereocenters. The molecule has 0 atom stereocenters. The first kappa shape index (κ1) is 22.7. The molecule has 184 valence electrons. The zero-order chi connectivity index (χ0) is 25.2. The summed E-state index contributed by atoms with van der Waals surface area (Å²) in [4.78, 5) is 21.7. The Labute approximate surface area is 213 Å². The predicted octanol–water partition coefficient (Wildman–Crippen LogP) is 4.69. The van der Waals surface area contributed by atoms with Crippen molar-refractivity contribution < 1.29 is 9.32 Å². The molecule has 0 spiro atoms. The number of benzene rings is 2. The van der Waals surface area contributed by atoms with Crippen LogP contribution in [-0.2, 0) is 0 Å². The summed E-state index contributed by atoms with van der Waals surface area (Å²) in [6, 6.07) is 23.1. The fraction of sp³-hybridized carbons (Fsp3) is 0.179. The minimum absolute atomic E-state index is 0.00186. The Balaban J connectivity index is 1.11. The molecule has 9 nitrogen and oxygen atoms in total. The number of hydrogen-bond donors (Lipinski definition) is 1. The molecule has 0 bridgehead atoms. The molecule has 1 saturated heterocycles. The summed E-state index contributed by atoms with van der Waals surface area (Å²) in [5, 5.41) is 16.8. The molecule has 0 aliphatic carbocycles. The molecule has 9 heteroatoms. The molecule has 6 rings (SSSR count). The first-order valence-corrected chi connectivity index (χ1v) is 12.2. The lowest BCUT2D eigenvalue weighted by Gasteiger charge is -2.35. The summed E-state index contributed by atoms with van der Waals surface area (Å²) in [6.07, 6.45) is 1.80. The number of anilines is 3. The van der Waals surface area contributed by atoms with Crippen molar-refractivity contribution in [1.29, 1.82) is 0 Å². The second-order valence-corrected chi connectivity index (χ2v) is 9.01. The maximum atomic E-state index is 13.3. The molecule has 1 amide bonds. The lowest BCUT2D eigenvalue weighted by atomic mass is 10.1. The van der Waals surface area contributed by atoms with Gasteiger partial charge >= 0.3 is 0 Å². The standard InChI is InChI=1S/C28H25N7O2/c1-19-7-10-24(29-18-19)30-25-11-12-26(32-31-25)34-13-15-35(16-14-34)28(36)21-8-9-23-22(17-21)27(37-33-23)20-5-3-2-4-6-20/h2-12,17-18H,13-16H2,1H3,(H,29,30,31). The van der Waals surface area contributed by atoms with Crippen molar-refractivity contribution in [2.24, 2.45) is 0 Å². The Morgan fingerprint density at radius 3 is 2.43 bits per heavy atom. The first-order valence-electron chi connectivity index (χ1n) is 12.2. The highest BCUT2D eigenvalue weighted by atomic mass is 16.5. The van der Waals surface area contributed by atoms with Gasteiger partial charge in [0.05, 0.1) is 5.39 Å². The van der Waals surface area contributed by atoms with E-state index in [1.165, 1.54) is 0 Å². The number of nitrogens with one attached hydrogen (secondary N) is 1. The van der Waals surface area contributed by atoms with E-state index in [0.29, 0.717) is 43.3 Å². The minimum Gasteiger partial charge on any atom is -0.355 e. The number of aromatic nitrogens is 4. The molecule has 4 heterocycles. The number of fused-ring (bicyclic) bond motifs is 1. The van der Waals surface area contributed by atoms with Crippen molar-refractivity contribution >= 4 is 34.3 Å². The predicted molar refractivity (Wildman–Crippen MR) is 142 cm³/mol. The Morgan fingerprint density at radius 2 is 1.70 bits per heavy atom. The summed E-state index contributed by atoms with van der Waals surface area (Å²) in [5.74, 6) is 2.81. The number of nitrogens with zero attached hydrogens (tertiary/aromatic N) is 6. The Bertz CT molecular complexity index is 1530. The van der Waals surface area contributed by atoms with Gasteiger partial charge in [-0.1, -0.05) is 41.6 Å². The highest BCUT2D eigenvalue weighted by Crippen LogP contribution is 2.29. The van der Waals surface area contributed by atoms with Gasteiger partial charge in [-0.15, -0.1) is 10.2 Å². The number of hydrogen-bond acceptors (Lipinski definition) is 8. The highest BCUT2D eigenvalue weighted by Gasteiger charge is 2.24. The molecule has 1 aliphatic heterocycles. The van der Waals surface area contributed by atoms with E-state index in [-0.39, 0.29) is 5.91 Å². The van der Waals surface area contributed by atoms with Crippen molar-refractivity contribution in [2.45, 2.75) is 6.92 Å². The normalized spacial score (nSPS) is 13.6. The van der Waals surface area contributed by atoms with Crippen LogP contribution in [0.4, 0.5) is 17.5 Å². The van der Waals surface area contributed by atoms with Crippen LogP contribution in [0.25, 0.3) is 22.2 Å². The number of carbonyl (C=O) groups is 1. The molecular weight excluding hydrogens is 466 g/mol. The van der Waals surface area contributed by atoms with Crippen LogP contribution in [0.5, 0.6) is 0 Å². The van der Waals surface area contributed by atoms with E-state index in [9.17, 15) is 4.79 Å².